The summed E-state index contributed by atoms with van der Waals surface area (Å²) in [7, 11) is 1.90. The molecular weight excluding hydrogens is 276 g/mol. The fraction of sp³-hybridized carbons (Fsp3) is 0.400. The van der Waals surface area contributed by atoms with Gasteiger partial charge in [0.05, 0.1) is 0 Å². The van der Waals surface area contributed by atoms with Crippen molar-refractivity contribution in [1.82, 2.24) is 14.9 Å². The van der Waals surface area contributed by atoms with Crippen LogP contribution in [0, 0.1) is 6.92 Å². The Morgan fingerprint density at radius 2 is 2.14 bits per heavy atom. The van der Waals surface area contributed by atoms with Crippen molar-refractivity contribution in [2.24, 2.45) is 0 Å². The van der Waals surface area contributed by atoms with Gasteiger partial charge in [0.1, 0.15) is 12.4 Å². The second kappa shape index (κ2) is 6.67. The molecule has 1 aromatic carbocycles. The molecular formula is C15H19F2N3O. The fourth-order valence-corrected chi connectivity index (χ4v) is 2.05. The summed E-state index contributed by atoms with van der Waals surface area (Å²) in [5.74, 6) is 0.878. The number of hydrogen-bond donors (Lipinski definition) is 1. The van der Waals surface area contributed by atoms with Crippen LogP contribution in [0.5, 0.6) is 5.75 Å². The molecule has 0 fully saturated rings. The number of nitrogens with one attached hydrogen (secondary N) is 1. The highest BCUT2D eigenvalue weighted by atomic mass is 19.3. The summed E-state index contributed by atoms with van der Waals surface area (Å²) in [6, 6.07) is 6.09. The Balaban J connectivity index is 2.08. The van der Waals surface area contributed by atoms with Crippen molar-refractivity contribution >= 4 is 0 Å². The summed E-state index contributed by atoms with van der Waals surface area (Å²) in [6.07, 6.45) is 2.59. The van der Waals surface area contributed by atoms with Crippen molar-refractivity contribution in [3.8, 4) is 5.75 Å². The van der Waals surface area contributed by atoms with Crippen molar-refractivity contribution < 1.29 is 13.5 Å². The van der Waals surface area contributed by atoms with Gasteiger partial charge in [0, 0.05) is 18.4 Å². The number of alkyl halides is 2. The Labute approximate surface area is 122 Å². The second-order valence-electron chi connectivity index (χ2n) is 4.85. The smallest absolute Gasteiger partial charge is 0.320 e. The number of halogens is 2. The Bertz CT molecular complexity index is 598. The monoisotopic (exact) mass is 295 g/mol. The van der Waals surface area contributed by atoms with E-state index in [9.17, 15) is 8.78 Å². The van der Waals surface area contributed by atoms with Gasteiger partial charge >= 0.3 is 6.55 Å². The van der Waals surface area contributed by atoms with E-state index in [1.165, 1.54) is 12.4 Å². The summed E-state index contributed by atoms with van der Waals surface area (Å²) < 4.78 is 31.8. The van der Waals surface area contributed by atoms with Crippen LogP contribution < -0.4 is 10.1 Å². The van der Waals surface area contributed by atoms with Crippen LogP contribution in [-0.4, -0.2) is 16.6 Å². The molecule has 2 aromatic rings. The Kier molecular flexibility index (Phi) is 4.90. The Morgan fingerprint density at radius 3 is 2.76 bits per heavy atom. The maximum atomic E-state index is 12.7. The maximum Gasteiger partial charge on any atom is 0.320 e. The Morgan fingerprint density at radius 1 is 1.38 bits per heavy atom. The zero-order valence-corrected chi connectivity index (χ0v) is 12.3. The zero-order chi connectivity index (χ0) is 15.4. The Hall–Kier alpha value is -1.95. The average Bonchev–Trinajstić information content (AvgIpc) is 2.93. The molecule has 0 radical (unpaired) electrons. The van der Waals surface area contributed by atoms with Gasteiger partial charge in [0.15, 0.2) is 5.82 Å². The van der Waals surface area contributed by atoms with Gasteiger partial charge in [-0.05, 0) is 38.1 Å². The number of aryl methyl sites for hydroxylation is 1. The molecule has 1 heterocycles. The van der Waals surface area contributed by atoms with Crippen LogP contribution in [0.25, 0.3) is 0 Å². The SMILES string of the molecule is CNC(C)c1ccc(OCc2nccn2C(F)F)c(C)c1. The standard InChI is InChI=1S/C15H19F2N3O/c1-10-8-12(11(2)18-3)4-5-13(10)21-9-14-19-6-7-20(14)15(16)17/h4-8,11,15,18H,9H2,1-3H3. The summed E-state index contributed by atoms with van der Waals surface area (Å²) in [5, 5.41) is 3.16. The van der Waals surface area contributed by atoms with E-state index in [2.05, 4.69) is 17.2 Å². The van der Waals surface area contributed by atoms with Crippen molar-refractivity contribution in [2.75, 3.05) is 7.05 Å². The molecule has 2 rings (SSSR count). The molecule has 0 saturated carbocycles. The predicted octanol–water partition coefficient (Wildman–Crippen LogP) is 3.45. The second-order valence-corrected chi connectivity index (χ2v) is 4.85. The van der Waals surface area contributed by atoms with Crippen LogP contribution in [0.4, 0.5) is 8.78 Å². The number of rotatable bonds is 6. The molecule has 1 aromatic heterocycles. The largest absolute Gasteiger partial charge is 0.485 e. The summed E-state index contributed by atoms with van der Waals surface area (Å²) in [5.41, 5.74) is 2.11. The van der Waals surface area contributed by atoms with E-state index < -0.39 is 6.55 Å². The van der Waals surface area contributed by atoms with Gasteiger partial charge in [-0.1, -0.05) is 12.1 Å². The van der Waals surface area contributed by atoms with E-state index in [0.717, 1.165) is 15.7 Å². The van der Waals surface area contributed by atoms with Crippen LogP contribution in [0.2, 0.25) is 0 Å². The molecule has 0 bridgehead atoms. The molecule has 6 heteroatoms. The van der Waals surface area contributed by atoms with E-state index in [1.807, 2.05) is 32.2 Å². The molecule has 1 unspecified atom stereocenters. The third-order valence-electron chi connectivity index (χ3n) is 3.45. The van der Waals surface area contributed by atoms with Crippen LogP contribution in [0.3, 0.4) is 0 Å². The first-order valence-corrected chi connectivity index (χ1v) is 6.73. The molecule has 0 aliphatic rings. The third-order valence-corrected chi connectivity index (χ3v) is 3.45. The lowest BCUT2D eigenvalue weighted by Crippen LogP contribution is -2.12. The molecule has 1 N–H and O–H groups in total. The molecule has 1 atom stereocenters. The first-order valence-electron chi connectivity index (χ1n) is 6.73. The molecule has 0 saturated heterocycles. The number of benzene rings is 1. The van der Waals surface area contributed by atoms with Crippen LogP contribution in [0.1, 0.15) is 36.5 Å². The lowest BCUT2D eigenvalue weighted by Gasteiger charge is -2.14. The van der Waals surface area contributed by atoms with Gasteiger partial charge in [0.25, 0.3) is 0 Å². The lowest BCUT2D eigenvalue weighted by atomic mass is 10.1. The minimum Gasteiger partial charge on any atom is -0.485 e. The van der Waals surface area contributed by atoms with Gasteiger partial charge in [-0.2, -0.15) is 8.78 Å². The van der Waals surface area contributed by atoms with Crippen molar-refractivity contribution in [1.29, 1.82) is 0 Å². The highest BCUT2D eigenvalue weighted by Gasteiger charge is 2.12. The first kappa shape index (κ1) is 15.4. The van der Waals surface area contributed by atoms with E-state index in [1.54, 1.807) is 0 Å². The summed E-state index contributed by atoms with van der Waals surface area (Å²) >= 11 is 0. The molecule has 0 amide bonds. The minimum atomic E-state index is -2.61. The van der Waals surface area contributed by atoms with E-state index >= 15 is 0 Å². The first-order chi connectivity index (χ1) is 10.0. The van der Waals surface area contributed by atoms with Crippen LogP contribution in [0.15, 0.2) is 30.6 Å². The van der Waals surface area contributed by atoms with Crippen molar-refractivity contribution in [2.45, 2.75) is 33.0 Å². The number of ether oxygens (including phenoxy) is 1. The lowest BCUT2D eigenvalue weighted by molar-refractivity contribution is 0.0632. The fourth-order valence-electron chi connectivity index (χ4n) is 2.05. The zero-order valence-electron chi connectivity index (χ0n) is 12.3. The van der Waals surface area contributed by atoms with Crippen molar-refractivity contribution in [3.63, 3.8) is 0 Å². The quantitative estimate of drug-likeness (QED) is 0.887. The summed E-state index contributed by atoms with van der Waals surface area (Å²) in [6.45, 7) is 1.40. The van der Waals surface area contributed by atoms with Gasteiger partial charge in [-0.15, -0.1) is 0 Å². The maximum absolute atomic E-state index is 12.7. The van der Waals surface area contributed by atoms with Crippen LogP contribution in [-0.2, 0) is 6.61 Å². The number of hydrogen-bond acceptors (Lipinski definition) is 3. The van der Waals surface area contributed by atoms with Gasteiger partial charge in [-0.3, -0.25) is 4.57 Å². The molecule has 0 aliphatic heterocycles. The normalized spacial score (nSPS) is 12.7. The van der Waals surface area contributed by atoms with Crippen molar-refractivity contribution in [3.05, 3.63) is 47.5 Å². The van der Waals surface area contributed by atoms with Gasteiger partial charge in [0.2, 0.25) is 0 Å². The highest BCUT2D eigenvalue weighted by Crippen LogP contribution is 2.23. The van der Waals surface area contributed by atoms with E-state index in [0.29, 0.717) is 5.75 Å². The number of nitrogens with zero attached hydrogens (tertiary/aromatic N) is 2. The molecule has 0 spiro atoms. The molecule has 114 valence electrons. The number of imidazole rings is 1. The van der Waals surface area contributed by atoms with E-state index in [4.69, 9.17) is 4.74 Å². The highest BCUT2D eigenvalue weighted by molar-refractivity contribution is 5.37. The molecule has 21 heavy (non-hydrogen) atoms. The molecule has 4 nitrogen and oxygen atoms in total. The van der Waals surface area contributed by atoms with Gasteiger partial charge < -0.3 is 10.1 Å². The summed E-state index contributed by atoms with van der Waals surface area (Å²) in [4.78, 5) is 3.89. The number of aromatic nitrogens is 2. The van der Waals surface area contributed by atoms with E-state index in [-0.39, 0.29) is 18.5 Å². The van der Waals surface area contributed by atoms with Crippen LogP contribution >= 0.6 is 0 Å². The topological polar surface area (TPSA) is 39.1 Å². The average molecular weight is 295 g/mol. The van der Waals surface area contributed by atoms with Gasteiger partial charge in [-0.25, -0.2) is 4.98 Å². The minimum absolute atomic E-state index is 0.0130. The third kappa shape index (κ3) is 3.58. The molecule has 0 aliphatic carbocycles. The predicted molar refractivity (Wildman–Crippen MR) is 76.5 cm³/mol.